The number of hydrogen-bond acceptors (Lipinski definition) is 5. The van der Waals surface area contributed by atoms with Crippen molar-refractivity contribution in [3.8, 4) is 11.5 Å². The van der Waals surface area contributed by atoms with Gasteiger partial charge in [-0.25, -0.2) is 13.1 Å². The molecule has 0 aliphatic heterocycles. The first-order valence-electron chi connectivity index (χ1n) is 8.72. The molecule has 156 valence electrons. The van der Waals surface area contributed by atoms with Gasteiger partial charge in [-0.2, -0.15) is 8.78 Å². The molecule has 2 aromatic carbocycles. The van der Waals surface area contributed by atoms with Gasteiger partial charge < -0.3 is 9.47 Å². The van der Waals surface area contributed by atoms with Crippen LogP contribution in [0.15, 0.2) is 53.4 Å². The van der Waals surface area contributed by atoms with E-state index in [9.17, 15) is 22.0 Å². The van der Waals surface area contributed by atoms with Gasteiger partial charge in [0.2, 0.25) is 10.0 Å². The summed E-state index contributed by atoms with van der Waals surface area (Å²) in [6.07, 6.45) is 3.36. The number of hydrogen-bond donors (Lipinski definition) is 1. The van der Waals surface area contributed by atoms with E-state index >= 15 is 0 Å². The summed E-state index contributed by atoms with van der Waals surface area (Å²) in [7, 11) is -2.28. The number of methoxy groups -OCH3 is 1. The molecule has 0 aromatic heterocycles. The zero-order valence-electron chi connectivity index (χ0n) is 15.9. The standard InChI is InChI=1S/C20H21F2NO5S/c1-3-12-23-29(25,26)16-8-6-15(7-9-16)17(24)10-4-14-5-11-18(27-2)19(13-14)28-20(21)22/h4-11,13,20,23H,3,12H2,1-2H3/b10-4+. The van der Waals surface area contributed by atoms with E-state index < -0.39 is 16.6 Å². The van der Waals surface area contributed by atoms with Crippen LogP contribution in [-0.4, -0.2) is 34.5 Å². The number of carbonyl (C=O) groups excluding carboxylic acids is 1. The fourth-order valence-electron chi connectivity index (χ4n) is 2.37. The maximum Gasteiger partial charge on any atom is 0.387 e. The Balaban J connectivity index is 2.15. The number of benzene rings is 2. The fourth-order valence-corrected chi connectivity index (χ4v) is 3.51. The van der Waals surface area contributed by atoms with Crippen molar-refractivity contribution in [2.45, 2.75) is 24.9 Å². The number of sulfonamides is 1. The van der Waals surface area contributed by atoms with Crippen LogP contribution in [0.5, 0.6) is 11.5 Å². The summed E-state index contributed by atoms with van der Waals surface area (Å²) in [5, 5.41) is 0. The first kappa shape index (κ1) is 22.5. The lowest BCUT2D eigenvalue weighted by molar-refractivity contribution is -0.0512. The van der Waals surface area contributed by atoms with Crippen LogP contribution in [-0.2, 0) is 10.0 Å². The Morgan fingerprint density at radius 1 is 1.14 bits per heavy atom. The van der Waals surface area contributed by atoms with Gasteiger partial charge in [0, 0.05) is 12.1 Å². The van der Waals surface area contributed by atoms with Gasteiger partial charge in [-0.05, 0) is 54.5 Å². The van der Waals surface area contributed by atoms with Gasteiger partial charge in [-0.1, -0.05) is 19.1 Å². The number of alkyl halides is 2. The second-order valence-corrected chi connectivity index (χ2v) is 7.68. The molecule has 0 aliphatic rings. The molecular formula is C20H21F2NO5S. The van der Waals surface area contributed by atoms with Crippen molar-refractivity contribution in [1.82, 2.24) is 4.72 Å². The van der Waals surface area contributed by atoms with E-state index in [-0.39, 0.29) is 27.7 Å². The van der Waals surface area contributed by atoms with E-state index in [0.717, 1.165) is 0 Å². The monoisotopic (exact) mass is 425 g/mol. The third-order valence-corrected chi connectivity index (χ3v) is 5.30. The number of carbonyl (C=O) groups is 1. The van der Waals surface area contributed by atoms with Crippen LogP contribution < -0.4 is 14.2 Å². The van der Waals surface area contributed by atoms with Gasteiger partial charge in [0.25, 0.3) is 0 Å². The number of ketones is 1. The lowest BCUT2D eigenvalue weighted by Gasteiger charge is -2.10. The molecule has 2 rings (SSSR count). The number of nitrogens with one attached hydrogen (secondary N) is 1. The Kier molecular flexibility index (Phi) is 7.86. The van der Waals surface area contributed by atoms with Crippen LogP contribution in [0.25, 0.3) is 6.08 Å². The van der Waals surface area contributed by atoms with Crippen LogP contribution in [0.1, 0.15) is 29.3 Å². The number of ether oxygens (including phenoxy) is 2. The summed E-state index contributed by atoms with van der Waals surface area (Å²) in [5.41, 5.74) is 0.742. The molecular weight excluding hydrogens is 404 g/mol. The predicted octanol–water partition coefficient (Wildman–Crippen LogP) is 3.88. The Morgan fingerprint density at radius 3 is 2.41 bits per heavy atom. The molecule has 29 heavy (non-hydrogen) atoms. The maximum absolute atomic E-state index is 12.5. The van der Waals surface area contributed by atoms with E-state index in [2.05, 4.69) is 9.46 Å². The zero-order chi connectivity index (χ0) is 21.4. The van der Waals surface area contributed by atoms with E-state index in [1.807, 2.05) is 6.92 Å². The van der Waals surface area contributed by atoms with Crippen molar-refractivity contribution in [1.29, 1.82) is 0 Å². The molecule has 6 nitrogen and oxygen atoms in total. The third-order valence-electron chi connectivity index (χ3n) is 3.82. The largest absolute Gasteiger partial charge is 0.493 e. The maximum atomic E-state index is 12.5. The molecule has 0 saturated heterocycles. The lowest BCUT2D eigenvalue weighted by Crippen LogP contribution is -2.24. The average Bonchev–Trinajstić information content (AvgIpc) is 2.70. The molecule has 0 amide bonds. The SMILES string of the molecule is CCCNS(=O)(=O)c1ccc(C(=O)/C=C/c2ccc(OC)c(OC(F)F)c2)cc1. The van der Waals surface area contributed by atoms with E-state index in [1.54, 1.807) is 6.07 Å². The highest BCUT2D eigenvalue weighted by molar-refractivity contribution is 7.89. The minimum Gasteiger partial charge on any atom is -0.493 e. The molecule has 0 fully saturated rings. The normalized spacial score (nSPS) is 11.8. The first-order valence-corrected chi connectivity index (χ1v) is 10.2. The van der Waals surface area contributed by atoms with Gasteiger partial charge in [-0.15, -0.1) is 0 Å². The van der Waals surface area contributed by atoms with Gasteiger partial charge in [0.1, 0.15) is 0 Å². The highest BCUT2D eigenvalue weighted by Gasteiger charge is 2.14. The second-order valence-electron chi connectivity index (χ2n) is 5.91. The quantitative estimate of drug-likeness (QED) is 0.462. The molecule has 9 heteroatoms. The number of rotatable bonds is 10. The molecule has 0 radical (unpaired) electrons. The molecule has 0 heterocycles. The van der Waals surface area contributed by atoms with Gasteiger partial charge in [-0.3, -0.25) is 4.79 Å². The summed E-state index contributed by atoms with van der Waals surface area (Å²) in [4.78, 5) is 12.4. The van der Waals surface area contributed by atoms with Crippen LogP contribution in [0.3, 0.4) is 0 Å². The molecule has 0 atom stereocenters. The number of allylic oxidation sites excluding steroid dienone is 1. The molecule has 0 aliphatic carbocycles. The smallest absolute Gasteiger partial charge is 0.387 e. The van der Waals surface area contributed by atoms with Crippen LogP contribution in [0.2, 0.25) is 0 Å². The first-order chi connectivity index (χ1) is 13.8. The van der Waals surface area contributed by atoms with Gasteiger partial charge >= 0.3 is 6.61 Å². The molecule has 0 unspecified atom stereocenters. The van der Waals surface area contributed by atoms with Crippen molar-refractivity contribution in [3.63, 3.8) is 0 Å². The topological polar surface area (TPSA) is 81.7 Å². The van der Waals surface area contributed by atoms with E-state index in [0.29, 0.717) is 18.5 Å². The van der Waals surface area contributed by atoms with Gasteiger partial charge in [0.15, 0.2) is 17.3 Å². The Morgan fingerprint density at radius 2 is 1.83 bits per heavy atom. The van der Waals surface area contributed by atoms with Crippen molar-refractivity contribution in [3.05, 3.63) is 59.7 Å². The Labute approximate surface area is 168 Å². The minimum absolute atomic E-state index is 0.0652. The molecule has 1 N–H and O–H groups in total. The van der Waals surface area contributed by atoms with Crippen LogP contribution in [0, 0.1) is 0 Å². The molecule has 0 spiro atoms. The fraction of sp³-hybridized carbons (Fsp3) is 0.250. The van der Waals surface area contributed by atoms with E-state index in [1.165, 1.54) is 55.7 Å². The van der Waals surface area contributed by atoms with Crippen LogP contribution in [0.4, 0.5) is 8.78 Å². The molecule has 0 saturated carbocycles. The van der Waals surface area contributed by atoms with Crippen molar-refractivity contribution < 1.29 is 31.5 Å². The molecule has 0 bridgehead atoms. The highest BCUT2D eigenvalue weighted by atomic mass is 32.2. The van der Waals surface area contributed by atoms with Crippen LogP contribution >= 0.6 is 0 Å². The second kappa shape index (κ2) is 10.1. The lowest BCUT2D eigenvalue weighted by atomic mass is 10.1. The number of halogens is 2. The summed E-state index contributed by atoms with van der Waals surface area (Å²) in [6.45, 7) is -0.834. The summed E-state index contributed by atoms with van der Waals surface area (Å²) >= 11 is 0. The summed E-state index contributed by atoms with van der Waals surface area (Å²) in [6, 6.07) is 9.87. The Hall–Kier alpha value is -2.78. The third kappa shape index (κ3) is 6.37. The van der Waals surface area contributed by atoms with Crippen molar-refractivity contribution >= 4 is 21.9 Å². The zero-order valence-corrected chi connectivity index (χ0v) is 16.7. The predicted molar refractivity (Wildman–Crippen MR) is 105 cm³/mol. The van der Waals surface area contributed by atoms with E-state index in [4.69, 9.17) is 4.74 Å². The van der Waals surface area contributed by atoms with Crippen molar-refractivity contribution in [2.75, 3.05) is 13.7 Å². The average molecular weight is 425 g/mol. The van der Waals surface area contributed by atoms with Gasteiger partial charge in [0.05, 0.1) is 12.0 Å². The highest BCUT2D eigenvalue weighted by Crippen LogP contribution is 2.30. The molecule has 2 aromatic rings. The minimum atomic E-state index is -3.61. The Bertz CT molecular complexity index is 973. The summed E-state index contributed by atoms with van der Waals surface area (Å²) in [5.74, 6) is -0.379. The summed E-state index contributed by atoms with van der Waals surface area (Å²) < 4.78 is 60.9. The van der Waals surface area contributed by atoms with Crippen molar-refractivity contribution in [2.24, 2.45) is 0 Å².